The number of carbonyl (C=O) groups excluding carboxylic acids is 2. The Morgan fingerprint density at radius 1 is 0.953 bits per heavy atom. The van der Waals surface area contributed by atoms with Crippen molar-refractivity contribution in [2.75, 3.05) is 47.8 Å². The van der Waals surface area contributed by atoms with E-state index in [1.807, 2.05) is 34.1 Å². The normalized spacial score (nSPS) is 23.0. The minimum absolute atomic E-state index is 0.247. The van der Waals surface area contributed by atoms with Crippen LogP contribution >= 0.6 is 0 Å². The van der Waals surface area contributed by atoms with E-state index in [0.717, 1.165) is 57.2 Å². The zero-order chi connectivity index (χ0) is 29.2. The maximum atomic E-state index is 14.8. The second-order valence-electron chi connectivity index (χ2n) is 12.1. The van der Waals surface area contributed by atoms with Crippen molar-refractivity contribution >= 4 is 34.7 Å². The third-order valence-electron chi connectivity index (χ3n) is 9.33. The van der Waals surface area contributed by atoms with Gasteiger partial charge in [0.1, 0.15) is 23.0 Å². The number of piperazine rings is 1. The van der Waals surface area contributed by atoms with E-state index in [1.54, 1.807) is 16.8 Å². The molecule has 1 N–H and O–H groups in total. The molecule has 4 aliphatic rings. The van der Waals surface area contributed by atoms with Gasteiger partial charge in [0.2, 0.25) is 5.91 Å². The Kier molecular flexibility index (Phi) is 6.09. The number of fused-ring (bicyclic) bond motifs is 2. The van der Waals surface area contributed by atoms with Crippen molar-refractivity contribution in [3.63, 3.8) is 0 Å². The molecule has 8 rings (SSSR count). The quantitative estimate of drug-likeness (QED) is 0.360. The van der Waals surface area contributed by atoms with E-state index in [9.17, 15) is 18.4 Å². The monoisotopic (exact) mass is 583 g/mol. The van der Waals surface area contributed by atoms with Crippen LogP contribution in [-0.2, 0) is 4.79 Å². The molecule has 43 heavy (non-hydrogen) atoms. The maximum Gasteiger partial charge on any atom is 0.261 e. The molecule has 0 spiro atoms. The van der Waals surface area contributed by atoms with Gasteiger partial charge in [-0.2, -0.15) is 5.10 Å². The van der Waals surface area contributed by atoms with Gasteiger partial charge < -0.3 is 20.0 Å². The number of anilines is 3. The highest BCUT2D eigenvalue weighted by atomic mass is 19.1. The molecule has 9 nitrogen and oxygen atoms in total. The van der Waals surface area contributed by atoms with Crippen molar-refractivity contribution in [2.24, 2.45) is 17.8 Å². The molecule has 4 fully saturated rings. The molecule has 2 aliphatic heterocycles. The number of piperidine rings is 1. The lowest BCUT2D eigenvalue weighted by Gasteiger charge is -2.36. The number of halogens is 2. The van der Waals surface area contributed by atoms with Gasteiger partial charge in [-0.05, 0) is 79.6 Å². The molecular formula is C32H31F2N7O2. The molecule has 4 heterocycles. The van der Waals surface area contributed by atoms with Gasteiger partial charge in [-0.1, -0.05) is 0 Å². The molecule has 2 aliphatic carbocycles. The van der Waals surface area contributed by atoms with Crippen LogP contribution in [0, 0.1) is 29.4 Å². The SMILES string of the molecule is O=C(Nc1ccc(N2CCN(C(=O)C3CC3)CC2)cc1)c1cnn2ccc(N3CC4CC4[C@@H]3c3cc(F)ccc3F)nc12. The molecule has 2 aromatic carbocycles. The highest BCUT2D eigenvalue weighted by molar-refractivity contribution is 6.08. The average Bonchev–Trinajstić information content (AvgIpc) is 3.95. The number of nitrogens with zero attached hydrogens (tertiary/aromatic N) is 6. The zero-order valence-electron chi connectivity index (χ0n) is 23.5. The van der Waals surface area contributed by atoms with Gasteiger partial charge in [-0.25, -0.2) is 18.3 Å². The van der Waals surface area contributed by atoms with Gasteiger partial charge in [0.25, 0.3) is 5.91 Å². The fourth-order valence-electron chi connectivity index (χ4n) is 6.75. The first-order chi connectivity index (χ1) is 20.9. The van der Waals surface area contributed by atoms with Crippen molar-refractivity contribution in [2.45, 2.75) is 25.3 Å². The highest BCUT2D eigenvalue weighted by Crippen LogP contribution is 2.57. The summed E-state index contributed by atoms with van der Waals surface area (Å²) in [7, 11) is 0. The summed E-state index contributed by atoms with van der Waals surface area (Å²) in [5, 5.41) is 7.27. The van der Waals surface area contributed by atoms with Gasteiger partial charge in [0.05, 0.1) is 12.2 Å². The van der Waals surface area contributed by atoms with Crippen molar-refractivity contribution in [1.29, 1.82) is 0 Å². The molecule has 11 heteroatoms. The lowest BCUT2D eigenvalue weighted by atomic mass is 10.0. The summed E-state index contributed by atoms with van der Waals surface area (Å²) in [5.74, 6) is 0.583. The van der Waals surface area contributed by atoms with Gasteiger partial charge in [0, 0.05) is 61.8 Å². The minimum Gasteiger partial charge on any atom is -0.368 e. The third-order valence-corrected chi connectivity index (χ3v) is 9.33. The molecular weight excluding hydrogens is 552 g/mol. The Morgan fingerprint density at radius 2 is 1.74 bits per heavy atom. The third kappa shape index (κ3) is 4.76. The van der Waals surface area contributed by atoms with Gasteiger partial charge in [-0.3, -0.25) is 9.59 Å². The first-order valence-electron chi connectivity index (χ1n) is 14.9. The van der Waals surface area contributed by atoms with Crippen LogP contribution in [0.3, 0.4) is 0 Å². The number of hydrogen-bond acceptors (Lipinski definition) is 6. The van der Waals surface area contributed by atoms with E-state index in [0.29, 0.717) is 46.6 Å². The Bertz CT molecular complexity index is 1730. The summed E-state index contributed by atoms with van der Waals surface area (Å²) in [6.07, 6.45) is 6.26. The average molecular weight is 584 g/mol. The van der Waals surface area contributed by atoms with Gasteiger partial charge in [0.15, 0.2) is 5.65 Å². The smallest absolute Gasteiger partial charge is 0.261 e. The molecule has 0 bridgehead atoms. The zero-order valence-corrected chi connectivity index (χ0v) is 23.5. The topological polar surface area (TPSA) is 86.1 Å². The number of aromatic nitrogens is 3. The molecule has 2 saturated heterocycles. The predicted molar refractivity (Wildman–Crippen MR) is 157 cm³/mol. The maximum absolute atomic E-state index is 14.8. The Labute approximate surface area is 247 Å². The first kappa shape index (κ1) is 26.1. The van der Waals surface area contributed by atoms with Crippen molar-refractivity contribution in [3.8, 4) is 0 Å². The van der Waals surface area contributed by atoms with Crippen LogP contribution in [0.1, 0.15) is 41.2 Å². The van der Waals surface area contributed by atoms with E-state index >= 15 is 0 Å². The molecule has 2 saturated carbocycles. The standard InChI is InChI=1S/C32H31F2N7O2/c33-21-3-8-27(34)25(16-21)29-24-15-20(24)18-40(29)28-9-10-41-30(37-28)26(17-35-41)31(42)36-22-4-6-23(7-5-22)38-11-13-39(14-12-38)32(43)19-1-2-19/h3-10,16-17,19-20,24,29H,1-2,11-15,18H2,(H,36,42)/t20?,24?,29-/m1/s1. The fourth-order valence-corrected chi connectivity index (χ4v) is 6.75. The van der Waals surface area contributed by atoms with E-state index in [4.69, 9.17) is 4.98 Å². The van der Waals surface area contributed by atoms with Crippen LogP contribution < -0.4 is 15.1 Å². The number of nitrogens with one attached hydrogen (secondary N) is 1. The number of benzene rings is 2. The van der Waals surface area contributed by atoms with Crippen LogP contribution in [0.15, 0.2) is 60.9 Å². The molecule has 0 radical (unpaired) electrons. The number of amides is 2. The lowest BCUT2D eigenvalue weighted by molar-refractivity contribution is -0.132. The summed E-state index contributed by atoms with van der Waals surface area (Å²) >= 11 is 0. The Morgan fingerprint density at radius 3 is 2.51 bits per heavy atom. The summed E-state index contributed by atoms with van der Waals surface area (Å²) in [6.45, 7) is 3.72. The molecule has 2 unspecified atom stereocenters. The van der Waals surface area contributed by atoms with Crippen molar-refractivity contribution in [1.82, 2.24) is 19.5 Å². The van der Waals surface area contributed by atoms with Gasteiger partial charge >= 0.3 is 0 Å². The fraction of sp³-hybridized carbons (Fsp3) is 0.375. The van der Waals surface area contributed by atoms with E-state index < -0.39 is 11.6 Å². The molecule has 4 aromatic rings. The number of hydrogen-bond donors (Lipinski definition) is 1. The number of carbonyl (C=O) groups is 2. The molecule has 220 valence electrons. The van der Waals surface area contributed by atoms with Crippen LogP contribution in [0.4, 0.5) is 26.0 Å². The van der Waals surface area contributed by atoms with E-state index in [-0.39, 0.29) is 23.8 Å². The van der Waals surface area contributed by atoms with E-state index in [1.165, 1.54) is 18.3 Å². The largest absolute Gasteiger partial charge is 0.368 e. The van der Waals surface area contributed by atoms with Crippen LogP contribution in [-0.4, -0.2) is 64.0 Å². The van der Waals surface area contributed by atoms with Crippen LogP contribution in [0.25, 0.3) is 5.65 Å². The summed E-state index contributed by atoms with van der Waals surface area (Å²) in [4.78, 5) is 36.7. The second-order valence-corrected chi connectivity index (χ2v) is 12.1. The minimum atomic E-state index is -0.463. The predicted octanol–water partition coefficient (Wildman–Crippen LogP) is 4.52. The van der Waals surface area contributed by atoms with Crippen molar-refractivity contribution in [3.05, 3.63) is 83.7 Å². The van der Waals surface area contributed by atoms with Crippen LogP contribution in [0.5, 0.6) is 0 Å². The molecule has 2 aromatic heterocycles. The second kappa shape index (κ2) is 10.0. The number of rotatable bonds is 6. The summed E-state index contributed by atoms with van der Waals surface area (Å²) in [6, 6.07) is 12.8. The summed E-state index contributed by atoms with van der Waals surface area (Å²) in [5.41, 5.74) is 2.75. The van der Waals surface area contributed by atoms with Crippen molar-refractivity contribution < 1.29 is 18.4 Å². The molecule has 2 amide bonds. The van der Waals surface area contributed by atoms with E-state index in [2.05, 4.69) is 15.3 Å². The highest BCUT2D eigenvalue weighted by Gasteiger charge is 2.54. The summed E-state index contributed by atoms with van der Waals surface area (Å²) < 4.78 is 30.4. The molecule has 3 atom stereocenters. The van der Waals surface area contributed by atoms with Crippen LogP contribution in [0.2, 0.25) is 0 Å². The Balaban J connectivity index is 0.976. The Hall–Kier alpha value is -4.54. The first-order valence-corrected chi connectivity index (χ1v) is 14.9. The van der Waals surface area contributed by atoms with Gasteiger partial charge in [-0.15, -0.1) is 0 Å². The lowest BCUT2D eigenvalue weighted by Crippen LogP contribution is -2.49.